The fourth-order valence-electron chi connectivity index (χ4n) is 3.44. The van der Waals surface area contributed by atoms with Gasteiger partial charge in [-0.1, -0.05) is 24.3 Å². The zero-order valence-electron chi connectivity index (χ0n) is 17.4. The van der Waals surface area contributed by atoms with Gasteiger partial charge in [0, 0.05) is 33.2 Å². The Bertz CT molecular complexity index is 815. The number of morpholine rings is 1. The number of benzene rings is 2. The van der Waals surface area contributed by atoms with Crippen molar-refractivity contribution < 1.29 is 13.9 Å². The van der Waals surface area contributed by atoms with Gasteiger partial charge in [0.2, 0.25) is 0 Å². The maximum absolute atomic E-state index is 13.8. The third-order valence-corrected chi connectivity index (χ3v) is 5.00. The minimum absolute atomic E-state index is 0. The number of methoxy groups -OCH3 is 1. The summed E-state index contributed by atoms with van der Waals surface area (Å²) in [5.74, 6) is 1.30. The number of aliphatic imine (C=N–C) groups is 1. The number of hydrogen-bond donors (Lipinski definition) is 2. The van der Waals surface area contributed by atoms with Gasteiger partial charge in [0.1, 0.15) is 11.6 Å². The number of halogens is 2. The van der Waals surface area contributed by atoms with Crippen molar-refractivity contribution in [3.8, 4) is 5.75 Å². The molecule has 1 atom stereocenters. The minimum Gasteiger partial charge on any atom is -0.497 e. The van der Waals surface area contributed by atoms with E-state index in [0.29, 0.717) is 32.3 Å². The molecule has 6 nitrogen and oxygen atoms in total. The molecule has 1 fully saturated rings. The zero-order valence-corrected chi connectivity index (χ0v) is 19.8. The summed E-state index contributed by atoms with van der Waals surface area (Å²) in [5.41, 5.74) is 2.05. The van der Waals surface area contributed by atoms with Crippen LogP contribution in [0, 0.1) is 5.82 Å². The predicted molar refractivity (Wildman–Crippen MR) is 128 cm³/mol. The van der Waals surface area contributed by atoms with Crippen LogP contribution in [0.2, 0.25) is 0 Å². The molecule has 1 aliphatic rings. The summed E-state index contributed by atoms with van der Waals surface area (Å²) in [7, 11) is 3.40. The zero-order chi connectivity index (χ0) is 20.5. The third-order valence-electron chi connectivity index (χ3n) is 5.00. The van der Waals surface area contributed by atoms with Gasteiger partial charge < -0.3 is 20.1 Å². The predicted octanol–water partition coefficient (Wildman–Crippen LogP) is 3.19. The highest BCUT2D eigenvalue weighted by Crippen LogP contribution is 2.22. The summed E-state index contributed by atoms with van der Waals surface area (Å²) < 4.78 is 24.6. The highest BCUT2D eigenvalue weighted by Gasteiger charge is 2.23. The highest BCUT2D eigenvalue weighted by atomic mass is 127. The van der Waals surface area contributed by atoms with Crippen molar-refractivity contribution in [3.63, 3.8) is 0 Å². The van der Waals surface area contributed by atoms with Crippen molar-refractivity contribution in [3.05, 3.63) is 65.5 Å². The van der Waals surface area contributed by atoms with Gasteiger partial charge >= 0.3 is 0 Å². The average Bonchev–Trinajstić information content (AvgIpc) is 2.77. The van der Waals surface area contributed by atoms with Gasteiger partial charge in [-0.2, -0.15) is 0 Å². The van der Waals surface area contributed by atoms with Gasteiger partial charge in [-0.15, -0.1) is 24.0 Å². The van der Waals surface area contributed by atoms with Gasteiger partial charge in [-0.25, -0.2) is 4.39 Å². The van der Waals surface area contributed by atoms with E-state index in [9.17, 15) is 4.39 Å². The van der Waals surface area contributed by atoms with Crippen LogP contribution in [-0.4, -0.2) is 57.9 Å². The lowest BCUT2D eigenvalue weighted by molar-refractivity contribution is 0.0169. The van der Waals surface area contributed by atoms with Gasteiger partial charge in [-0.3, -0.25) is 9.89 Å². The third kappa shape index (κ3) is 7.10. The number of nitrogens with one attached hydrogen (secondary N) is 2. The van der Waals surface area contributed by atoms with Crippen molar-refractivity contribution in [2.24, 2.45) is 4.99 Å². The largest absolute Gasteiger partial charge is 0.497 e. The van der Waals surface area contributed by atoms with E-state index >= 15 is 0 Å². The molecular formula is C22H30FIN4O2. The summed E-state index contributed by atoms with van der Waals surface area (Å²) >= 11 is 0. The quantitative estimate of drug-likeness (QED) is 0.329. The molecule has 1 unspecified atom stereocenters. The van der Waals surface area contributed by atoms with E-state index in [4.69, 9.17) is 9.47 Å². The molecule has 8 heteroatoms. The molecule has 0 bridgehead atoms. The Morgan fingerprint density at radius 2 is 1.93 bits per heavy atom. The second-order valence-corrected chi connectivity index (χ2v) is 6.88. The summed E-state index contributed by atoms with van der Waals surface area (Å²) in [6.45, 7) is 4.25. The summed E-state index contributed by atoms with van der Waals surface area (Å²) in [5, 5.41) is 6.71. The van der Waals surface area contributed by atoms with Crippen LogP contribution in [0.3, 0.4) is 0 Å². The molecule has 0 aliphatic carbocycles. The van der Waals surface area contributed by atoms with Crippen molar-refractivity contribution >= 4 is 29.9 Å². The van der Waals surface area contributed by atoms with E-state index in [0.717, 1.165) is 30.0 Å². The number of rotatable bonds is 7. The number of nitrogens with zero attached hydrogens (tertiary/aromatic N) is 2. The topological polar surface area (TPSA) is 58.1 Å². The molecule has 3 rings (SSSR count). The van der Waals surface area contributed by atoms with E-state index in [1.165, 1.54) is 6.07 Å². The Morgan fingerprint density at radius 1 is 1.17 bits per heavy atom. The lowest BCUT2D eigenvalue weighted by atomic mass is 10.0. The van der Waals surface area contributed by atoms with E-state index in [1.807, 2.05) is 30.3 Å². The lowest BCUT2D eigenvalue weighted by Crippen LogP contribution is -2.46. The molecular weight excluding hydrogens is 498 g/mol. The van der Waals surface area contributed by atoms with Crippen LogP contribution in [-0.2, 0) is 11.3 Å². The SMILES string of the molecule is CN=C(NCc1cccc(OC)c1)NCC(c1cccc(F)c1)N1CCOCC1.I. The van der Waals surface area contributed by atoms with Gasteiger partial charge in [-0.05, 0) is 35.4 Å². The van der Waals surface area contributed by atoms with Crippen molar-refractivity contribution in [2.75, 3.05) is 47.0 Å². The molecule has 0 amide bonds. The van der Waals surface area contributed by atoms with Crippen LogP contribution in [0.15, 0.2) is 53.5 Å². The van der Waals surface area contributed by atoms with Gasteiger partial charge in [0.15, 0.2) is 5.96 Å². The first kappa shape index (κ1) is 24.4. The monoisotopic (exact) mass is 528 g/mol. The summed E-state index contributed by atoms with van der Waals surface area (Å²) in [6.07, 6.45) is 0. The Hall–Kier alpha value is -1.91. The summed E-state index contributed by atoms with van der Waals surface area (Å²) in [4.78, 5) is 6.64. The lowest BCUT2D eigenvalue weighted by Gasteiger charge is -2.35. The molecule has 164 valence electrons. The fourth-order valence-corrected chi connectivity index (χ4v) is 3.44. The maximum Gasteiger partial charge on any atom is 0.191 e. The molecule has 0 saturated carbocycles. The molecule has 0 radical (unpaired) electrons. The van der Waals surface area contributed by atoms with E-state index in [2.05, 4.69) is 20.5 Å². The molecule has 2 aromatic rings. The first-order chi connectivity index (χ1) is 14.2. The number of guanidine groups is 1. The fraction of sp³-hybridized carbons (Fsp3) is 0.409. The molecule has 1 aliphatic heterocycles. The Morgan fingerprint density at radius 3 is 2.63 bits per heavy atom. The first-order valence-electron chi connectivity index (χ1n) is 9.84. The van der Waals surface area contributed by atoms with E-state index < -0.39 is 0 Å². The molecule has 0 spiro atoms. The Kier molecular flexibility index (Phi) is 10.3. The van der Waals surface area contributed by atoms with Crippen LogP contribution in [0.25, 0.3) is 0 Å². The average molecular weight is 528 g/mol. The van der Waals surface area contributed by atoms with Crippen molar-refractivity contribution in [2.45, 2.75) is 12.6 Å². The van der Waals surface area contributed by atoms with Crippen molar-refractivity contribution in [1.29, 1.82) is 0 Å². The smallest absolute Gasteiger partial charge is 0.191 e. The number of hydrogen-bond acceptors (Lipinski definition) is 4. The van der Waals surface area contributed by atoms with Gasteiger partial charge in [0.05, 0.1) is 26.4 Å². The highest BCUT2D eigenvalue weighted by molar-refractivity contribution is 14.0. The molecule has 0 aromatic heterocycles. The standard InChI is InChI=1S/C22H29FN4O2.HI/c1-24-22(25-15-17-5-3-8-20(13-17)28-2)26-16-21(27-9-11-29-12-10-27)18-6-4-7-19(23)14-18;/h3-8,13-14,21H,9-12,15-16H2,1-2H3,(H2,24,25,26);1H. The molecule has 1 saturated heterocycles. The molecule has 1 heterocycles. The van der Waals surface area contributed by atoms with Crippen LogP contribution >= 0.6 is 24.0 Å². The summed E-state index contributed by atoms with van der Waals surface area (Å²) in [6, 6.07) is 14.7. The van der Waals surface area contributed by atoms with Crippen LogP contribution < -0.4 is 15.4 Å². The normalized spacial score (nSPS) is 15.8. The Labute approximate surface area is 194 Å². The Balaban J connectivity index is 0.00000320. The minimum atomic E-state index is -0.221. The van der Waals surface area contributed by atoms with Crippen molar-refractivity contribution in [1.82, 2.24) is 15.5 Å². The first-order valence-corrected chi connectivity index (χ1v) is 9.84. The number of ether oxygens (including phenoxy) is 2. The van der Waals surface area contributed by atoms with Crippen LogP contribution in [0.5, 0.6) is 5.75 Å². The molecule has 2 aromatic carbocycles. The second kappa shape index (κ2) is 12.7. The molecule has 30 heavy (non-hydrogen) atoms. The maximum atomic E-state index is 13.8. The molecule has 2 N–H and O–H groups in total. The second-order valence-electron chi connectivity index (χ2n) is 6.88. The van der Waals surface area contributed by atoms with E-state index in [1.54, 1.807) is 26.3 Å². The van der Waals surface area contributed by atoms with Crippen LogP contribution in [0.1, 0.15) is 17.2 Å². The van der Waals surface area contributed by atoms with Gasteiger partial charge in [0.25, 0.3) is 0 Å². The van der Waals surface area contributed by atoms with E-state index in [-0.39, 0.29) is 35.8 Å². The van der Waals surface area contributed by atoms with Crippen LogP contribution in [0.4, 0.5) is 4.39 Å².